The first-order chi connectivity index (χ1) is 18.5. The lowest BCUT2D eigenvalue weighted by Crippen LogP contribution is -2.19. The molecule has 1 N–H and O–H groups in total. The Hall–Kier alpha value is -3.52. The maximum Gasteiger partial charge on any atom is 0.279 e. The van der Waals surface area contributed by atoms with Crippen molar-refractivity contribution in [2.75, 3.05) is 31.3 Å². The minimum absolute atomic E-state index is 0.0684. The Balaban J connectivity index is 1.61. The quantitative estimate of drug-likeness (QED) is 0.279. The van der Waals surface area contributed by atoms with Gasteiger partial charge in [-0.05, 0) is 73.7 Å². The van der Waals surface area contributed by atoms with Crippen molar-refractivity contribution >= 4 is 53.0 Å². The van der Waals surface area contributed by atoms with Gasteiger partial charge in [0.2, 0.25) is 0 Å². The molecule has 39 heavy (non-hydrogen) atoms. The Morgan fingerprint density at radius 1 is 0.974 bits per heavy atom. The molecule has 10 nitrogen and oxygen atoms in total. The van der Waals surface area contributed by atoms with Crippen molar-refractivity contribution in [1.82, 2.24) is 4.57 Å². The molecule has 0 unspecified atom stereocenters. The maximum atomic E-state index is 13.0. The van der Waals surface area contributed by atoms with Gasteiger partial charge in [0, 0.05) is 30.7 Å². The molecule has 4 aromatic rings. The molecule has 206 valence electrons. The van der Waals surface area contributed by atoms with Crippen LogP contribution in [0.3, 0.4) is 0 Å². The number of anilines is 1. The third kappa shape index (κ3) is 6.74. The Labute approximate surface area is 230 Å². The summed E-state index contributed by atoms with van der Waals surface area (Å²) < 4.78 is 64.9. The molecule has 0 radical (unpaired) electrons. The van der Waals surface area contributed by atoms with Crippen LogP contribution < -0.4 is 14.3 Å². The van der Waals surface area contributed by atoms with Gasteiger partial charge >= 0.3 is 0 Å². The number of carbonyl (C=O) groups is 1. The summed E-state index contributed by atoms with van der Waals surface area (Å²) in [6.45, 7) is 3.22. The van der Waals surface area contributed by atoms with Gasteiger partial charge in [-0.25, -0.2) is 16.8 Å². The molecule has 0 fully saturated rings. The van der Waals surface area contributed by atoms with Crippen LogP contribution in [0.5, 0.6) is 5.75 Å². The van der Waals surface area contributed by atoms with Crippen molar-refractivity contribution in [3.8, 4) is 5.75 Å². The molecule has 0 saturated heterocycles. The summed E-state index contributed by atoms with van der Waals surface area (Å²) >= 11 is 1.20. The molecule has 0 aliphatic rings. The van der Waals surface area contributed by atoms with Crippen molar-refractivity contribution in [2.24, 2.45) is 4.99 Å². The highest BCUT2D eigenvalue weighted by molar-refractivity contribution is 7.92. The Kier molecular flexibility index (Phi) is 8.54. The summed E-state index contributed by atoms with van der Waals surface area (Å²) in [5.41, 5.74) is 1.28. The van der Waals surface area contributed by atoms with Gasteiger partial charge in [0.1, 0.15) is 5.75 Å². The van der Waals surface area contributed by atoms with Crippen molar-refractivity contribution in [3.63, 3.8) is 0 Å². The number of sulfone groups is 1. The van der Waals surface area contributed by atoms with Gasteiger partial charge in [-0.15, -0.1) is 0 Å². The van der Waals surface area contributed by atoms with Crippen LogP contribution in [0.15, 0.2) is 81.5 Å². The van der Waals surface area contributed by atoms with Gasteiger partial charge in [-0.1, -0.05) is 11.3 Å². The molecule has 0 saturated carbocycles. The summed E-state index contributed by atoms with van der Waals surface area (Å²) in [6.07, 6.45) is 1.14. The second-order valence-corrected chi connectivity index (χ2v) is 13.1. The van der Waals surface area contributed by atoms with Crippen molar-refractivity contribution in [1.29, 1.82) is 0 Å². The maximum absolute atomic E-state index is 13.0. The van der Waals surface area contributed by atoms with E-state index >= 15 is 0 Å². The fourth-order valence-corrected chi connectivity index (χ4v) is 6.56. The summed E-state index contributed by atoms with van der Waals surface area (Å²) in [4.78, 5) is 18.0. The zero-order valence-corrected chi connectivity index (χ0v) is 23.9. The highest BCUT2D eigenvalue weighted by Gasteiger charge is 2.16. The lowest BCUT2D eigenvalue weighted by molar-refractivity contribution is 0.0996. The van der Waals surface area contributed by atoms with Crippen LogP contribution in [-0.4, -0.2) is 53.9 Å². The van der Waals surface area contributed by atoms with Crippen LogP contribution in [0.25, 0.3) is 10.2 Å². The molecule has 4 rings (SSSR count). The SMILES string of the molecule is CCOCCn1c(=NC(=O)c2ccc(NS(=O)(=O)c3ccc(OC)cc3)cc2)sc2cc(S(C)(=O)=O)ccc21. The minimum atomic E-state index is -3.84. The van der Waals surface area contributed by atoms with Gasteiger partial charge in [0.25, 0.3) is 15.9 Å². The number of hydrogen-bond acceptors (Lipinski definition) is 8. The summed E-state index contributed by atoms with van der Waals surface area (Å²) in [7, 11) is -5.75. The summed E-state index contributed by atoms with van der Waals surface area (Å²) in [5.74, 6) is 0.00821. The average molecular weight is 590 g/mol. The number of methoxy groups -OCH3 is 1. The molecule has 0 aliphatic carbocycles. The molecule has 3 aromatic carbocycles. The zero-order valence-electron chi connectivity index (χ0n) is 21.4. The molecule has 1 heterocycles. The average Bonchev–Trinajstić information content (AvgIpc) is 3.24. The Morgan fingerprint density at radius 2 is 1.64 bits per heavy atom. The number of amides is 1. The predicted octanol–water partition coefficient (Wildman–Crippen LogP) is 3.69. The largest absolute Gasteiger partial charge is 0.497 e. The molecule has 13 heteroatoms. The number of hydrogen-bond donors (Lipinski definition) is 1. The fraction of sp³-hybridized carbons (Fsp3) is 0.231. The van der Waals surface area contributed by atoms with E-state index in [1.165, 1.54) is 60.9 Å². The Bertz CT molecular complexity index is 1770. The van der Waals surface area contributed by atoms with E-state index in [2.05, 4.69) is 9.71 Å². The molecule has 0 spiro atoms. The smallest absolute Gasteiger partial charge is 0.279 e. The number of ether oxygens (including phenoxy) is 2. The minimum Gasteiger partial charge on any atom is -0.497 e. The molecule has 1 amide bonds. The second-order valence-electron chi connectivity index (χ2n) is 8.41. The molecule has 0 atom stereocenters. The van der Waals surface area contributed by atoms with Crippen LogP contribution in [-0.2, 0) is 31.1 Å². The van der Waals surface area contributed by atoms with E-state index in [4.69, 9.17) is 9.47 Å². The van der Waals surface area contributed by atoms with Gasteiger partial charge in [0.05, 0.1) is 33.7 Å². The van der Waals surface area contributed by atoms with Crippen LogP contribution >= 0.6 is 11.3 Å². The van der Waals surface area contributed by atoms with Crippen molar-refractivity contribution < 1.29 is 31.1 Å². The first-order valence-electron chi connectivity index (χ1n) is 11.8. The number of carbonyl (C=O) groups excluding carboxylic acids is 1. The van der Waals surface area contributed by atoms with Crippen LogP contribution in [0.2, 0.25) is 0 Å². The van der Waals surface area contributed by atoms with Crippen LogP contribution in [0, 0.1) is 0 Å². The highest BCUT2D eigenvalue weighted by atomic mass is 32.2. The molecular weight excluding hydrogens is 563 g/mol. The van der Waals surface area contributed by atoms with Gasteiger partial charge in [0.15, 0.2) is 14.6 Å². The van der Waals surface area contributed by atoms with E-state index in [-0.39, 0.29) is 21.0 Å². The second kappa shape index (κ2) is 11.7. The first-order valence-corrected chi connectivity index (χ1v) is 16.0. The topological polar surface area (TPSA) is 133 Å². The molecular formula is C26H27N3O7S3. The fourth-order valence-electron chi connectivity index (χ4n) is 3.69. The van der Waals surface area contributed by atoms with Crippen molar-refractivity contribution in [2.45, 2.75) is 23.3 Å². The number of nitrogens with zero attached hydrogens (tertiary/aromatic N) is 2. The van der Waals surface area contributed by atoms with E-state index in [9.17, 15) is 21.6 Å². The summed E-state index contributed by atoms with van der Waals surface area (Å²) in [6, 6.07) is 16.7. The third-order valence-electron chi connectivity index (χ3n) is 5.70. The normalized spacial score (nSPS) is 12.5. The number of thiazole rings is 1. The van der Waals surface area contributed by atoms with E-state index in [0.717, 1.165) is 11.8 Å². The standard InChI is InChI=1S/C26H27N3O7S3/c1-4-36-16-15-29-23-14-13-22(38(3,31)32)17-24(23)37-26(29)27-25(30)18-5-7-19(8-6-18)28-39(33,34)21-11-9-20(35-2)10-12-21/h5-14,17,28H,4,15-16H2,1-3H3. The van der Waals surface area contributed by atoms with E-state index in [1.807, 2.05) is 11.5 Å². The lowest BCUT2D eigenvalue weighted by atomic mass is 10.2. The summed E-state index contributed by atoms with van der Waals surface area (Å²) in [5, 5.41) is 0. The predicted molar refractivity (Wildman–Crippen MR) is 150 cm³/mol. The van der Waals surface area contributed by atoms with Crippen LogP contribution in [0.1, 0.15) is 17.3 Å². The number of aromatic nitrogens is 1. The highest BCUT2D eigenvalue weighted by Crippen LogP contribution is 2.23. The number of nitrogens with one attached hydrogen (secondary N) is 1. The van der Waals surface area contributed by atoms with Crippen LogP contribution in [0.4, 0.5) is 5.69 Å². The number of sulfonamides is 1. The van der Waals surface area contributed by atoms with Gasteiger partial charge in [-0.2, -0.15) is 4.99 Å². The van der Waals surface area contributed by atoms with Gasteiger partial charge in [-0.3, -0.25) is 9.52 Å². The molecule has 1 aromatic heterocycles. The number of benzene rings is 3. The molecule has 0 bridgehead atoms. The van der Waals surface area contributed by atoms with Gasteiger partial charge < -0.3 is 14.0 Å². The van der Waals surface area contributed by atoms with E-state index < -0.39 is 25.8 Å². The Morgan fingerprint density at radius 3 is 2.26 bits per heavy atom. The molecule has 0 aliphatic heterocycles. The lowest BCUT2D eigenvalue weighted by Gasteiger charge is -2.09. The van der Waals surface area contributed by atoms with E-state index in [1.54, 1.807) is 24.3 Å². The first kappa shape index (κ1) is 28.5. The number of fused-ring (bicyclic) bond motifs is 1. The van der Waals surface area contributed by atoms with E-state index in [0.29, 0.717) is 35.0 Å². The van der Waals surface area contributed by atoms with Crippen molar-refractivity contribution in [3.05, 3.63) is 77.1 Å². The number of rotatable bonds is 10. The zero-order chi connectivity index (χ0) is 28.2. The third-order valence-corrected chi connectivity index (χ3v) is 9.25. The monoisotopic (exact) mass is 589 g/mol.